The average Bonchev–Trinajstić information content (AvgIpc) is 3.84. The zero-order valence-corrected chi connectivity index (χ0v) is 35.4. The highest BCUT2D eigenvalue weighted by Gasteiger charge is 2.50. The fourth-order valence-electron chi connectivity index (χ4n) is 6.78. The van der Waals surface area contributed by atoms with Crippen LogP contribution >= 0.6 is 13.4 Å². The van der Waals surface area contributed by atoms with Gasteiger partial charge in [-0.25, -0.2) is 19.7 Å². The lowest BCUT2D eigenvalue weighted by atomic mass is 10.1. The number of anilines is 1. The number of hydrogen-bond donors (Lipinski definition) is 5. The van der Waals surface area contributed by atoms with Crippen molar-refractivity contribution in [1.29, 1.82) is 0 Å². The van der Waals surface area contributed by atoms with Crippen molar-refractivity contribution in [1.82, 2.24) is 34.4 Å². The summed E-state index contributed by atoms with van der Waals surface area (Å²) in [7, 11) is 1.54. The number of carbonyl (C=O) groups is 2. The zero-order chi connectivity index (χ0) is 42.3. The Morgan fingerprint density at radius 3 is 2.56 bits per heavy atom. The van der Waals surface area contributed by atoms with Gasteiger partial charge in [0.05, 0.1) is 25.6 Å². The Labute approximate surface area is 346 Å². The number of ether oxygens (including phenoxy) is 3. The minimum absolute atomic E-state index is 0.0284. The summed E-state index contributed by atoms with van der Waals surface area (Å²) in [6, 6.07) is 8.15. The topological polar surface area (TPSA) is 264 Å². The first kappa shape index (κ1) is 43.3. The number of H-pyrrole nitrogens is 1. The second kappa shape index (κ2) is 17.3. The van der Waals surface area contributed by atoms with Gasteiger partial charge in [0.1, 0.15) is 36.3 Å². The molecule has 2 unspecified atom stereocenters. The molecule has 9 atom stereocenters. The molecular weight excluding hydrogens is 854 g/mol. The Balaban J connectivity index is 1.12. The van der Waals surface area contributed by atoms with Crippen molar-refractivity contribution in [3.63, 3.8) is 0 Å². The third kappa shape index (κ3) is 10.4. The summed E-state index contributed by atoms with van der Waals surface area (Å²) in [5.74, 6) is -1.10. The highest BCUT2D eigenvalue weighted by molar-refractivity contribution is 8.07. The number of imidazole rings is 1. The molecule has 2 aliphatic heterocycles. The van der Waals surface area contributed by atoms with Crippen LogP contribution in [0.2, 0.25) is 0 Å². The zero-order valence-electron chi connectivity index (χ0n) is 32.0. The van der Waals surface area contributed by atoms with Crippen LogP contribution in [0.15, 0.2) is 54.0 Å². The number of amides is 2. The number of rotatable bonds is 7. The Hall–Kier alpha value is -3.83. The van der Waals surface area contributed by atoms with E-state index in [-0.39, 0.29) is 42.2 Å². The van der Waals surface area contributed by atoms with Crippen LogP contribution in [-0.4, -0.2) is 118 Å². The van der Waals surface area contributed by atoms with Crippen molar-refractivity contribution in [2.24, 2.45) is 5.92 Å². The maximum absolute atomic E-state index is 13.6. The van der Waals surface area contributed by atoms with Gasteiger partial charge in [0.15, 0.2) is 17.4 Å². The summed E-state index contributed by atoms with van der Waals surface area (Å²) >= 11 is 10.7. The van der Waals surface area contributed by atoms with Crippen LogP contribution in [0.5, 0.6) is 5.88 Å². The Morgan fingerprint density at radius 2 is 1.81 bits per heavy atom. The molecule has 2 saturated heterocycles. The van der Waals surface area contributed by atoms with Crippen LogP contribution in [-0.2, 0) is 57.7 Å². The molecule has 0 radical (unpaired) electrons. The normalized spacial score (nSPS) is 30.1. The van der Waals surface area contributed by atoms with E-state index in [9.17, 15) is 29.3 Å². The monoisotopic (exact) mass is 896 g/mol. The smallest absolute Gasteiger partial charge is 0.410 e. The molecule has 5 N–H and O–H groups in total. The first-order valence-electron chi connectivity index (χ1n) is 18.2. The van der Waals surface area contributed by atoms with E-state index in [1.165, 1.54) is 35.4 Å². The van der Waals surface area contributed by atoms with E-state index in [2.05, 4.69) is 30.2 Å². The highest BCUT2D eigenvalue weighted by Crippen LogP contribution is 2.54. The van der Waals surface area contributed by atoms with Gasteiger partial charge in [-0.15, -0.1) is 0 Å². The summed E-state index contributed by atoms with van der Waals surface area (Å²) in [5.41, 5.74) is -1.07. The minimum atomic E-state index is -4.16. The molecule has 2 bridgehead atoms. The molecule has 2 amide bonds. The Kier molecular flexibility index (Phi) is 12.7. The Bertz CT molecular complexity index is 2350. The Morgan fingerprint density at radius 1 is 1.07 bits per heavy atom. The number of aliphatic hydroxyl groups excluding tert-OH is 1. The number of carbonyl (C=O) groups excluding carboxylic acids is 2. The van der Waals surface area contributed by atoms with Gasteiger partial charge in [0.2, 0.25) is 11.8 Å². The number of aromatic nitrogens is 6. The van der Waals surface area contributed by atoms with E-state index >= 15 is 0 Å². The van der Waals surface area contributed by atoms with Crippen LogP contribution in [0.4, 0.5) is 10.7 Å². The van der Waals surface area contributed by atoms with Gasteiger partial charge in [-0.2, -0.15) is 4.98 Å². The van der Waals surface area contributed by atoms with Crippen molar-refractivity contribution in [2.75, 3.05) is 25.6 Å². The van der Waals surface area contributed by atoms with Crippen LogP contribution in [0.1, 0.15) is 55.8 Å². The van der Waals surface area contributed by atoms with E-state index in [1.54, 1.807) is 51.1 Å². The van der Waals surface area contributed by atoms with E-state index in [4.69, 9.17) is 55.9 Å². The van der Waals surface area contributed by atoms with Crippen molar-refractivity contribution in [3.8, 4) is 5.88 Å². The molecule has 0 spiro atoms. The number of aromatic amines is 1. The number of nitrogens with zero attached hydrogens (tertiary/aromatic N) is 6. The van der Waals surface area contributed by atoms with Gasteiger partial charge in [0.25, 0.3) is 11.5 Å². The molecule has 21 nitrogen and oxygen atoms in total. The molecule has 3 fully saturated rings. The largest absolute Gasteiger partial charge is 0.474 e. The molecule has 1 saturated carbocycles. The average molecular weight is 897 g/mol. The highest BCUT2D eigenvalue weighted by atomic mass is 32.5. The molecule has 318 valence electrons. The van der Waals surface area contributed by atoms with E-state index < -0.39 is 85.9 Å². The molecule has 5 heterocycles. The molecule has 4 aromatic rings. The first-order valence-corrected chi connectivity index (χ1v) is 23.4. The van der Waals surface area contributed by atoms with Gasteiger partial charge in [-0.3, -0.25) is 29.0 Å². The summed E-state index contributed by atoms with van der Waals surface area (Å²) in [4.78, 5) is 82.4. The maximum atomic E-state index is 13.6. The van der Waals surface area contributed by atoms with Crippen molar-refractivity contribution >= 4 is 66.2 Å². The minimum Gasteiger partial charge on any atom is -0.474 e. The summed E-state index contributed by atoms with van der Waals surface area (Å²) in [6.07, 6.45) is -2.72. The van der Waals surface area contributed by atoms with Crippen molar-refractivity contribution < 1.29 is 56.8 Å². The van der Waals surface area contributed by atoms with E-state index in [0.29, 0.717) is 17.9 Å². The van der Waals surface area contributed by atoms with Crippen LogP contribution in [0.3, 0.4) is 0 Å². The van der Waals surface area contributed by atoms with Gasteiger partial charge in [-0.05, 0) is 62.4 Å². The molecular formula is C34H42N8O13P2S2. The van der Waals surface area contributed by atoms with Crippen LogP contribution in [0, 0.1) is 5.92 Å². The van der Waals surface area contributed by atoms with Crippen LogP contribution < -0.4 is 15.6 Å². The van der Waals surface area contributed by atoms with Gasteiger partial charge in [0, 0.05) is 43.8 Å². The standard InChI is InChI=1S/C34H42N8O13P2S2/c1-34(2,3)53-33(46)41(4)13-18-7-5-6-8-21(18)29(44)39-32-38-28-25(30(45)40-32)37-17-42(28)31-27-26(43)23(52-31)15-50-56(47,58)54-22-12-20(51-24-9-10-35-16-36-24)11-19(22)14-49-57(48,59)55-27/h5-10,16-17,19-20,22-23,26-27,31,43H,11-15H2,1-4H3,(H,47,58)(H,48,59)(H2,38,39,40,44,45)/t19-,20-,22+,23-,26-,27-,31-,56?,57?/m1/s1. The summed E-state index contributed by atoms with van der Waals surface area (Å²) in [6.45, 7) is -3.57. The predicted octanol–water partition coefficient (Wildman–Crippen LogP) is 2.90. The maximum Gasteiger partial charge on any atom is 0.410 e. The number of nitrogens with one attached hydrogen (secondary N) is 2. The van der Waals surface area contributed by atoms with Crippen LogP contribution in [0.25, 0.3) is 11.2 Å². The molecule has 1 aliphatic carbocycles. The summed E-state index contributed by atoms with van der Waals surface area (Å²) < 4.78 is 42.1. The molecule has 3 aliphatic rings. The van der Waals surface area contributed by atoms with E-state index in [0.717, 1.165) is 0 Å². The molecule has 7 rings (SSSR count). The quantitative estimate of drug-likeness (QED) is 0.167. The number of benzene rings is 1. The van der Waals surface area contributed by atoms with Gasteiger partial charge >= 0.3 is 19.5 Å². The van der Waals surface area contributed by atoms with Gasteiger partial charge in [-0.1, -0.05) is 18.2 Å². The van der Waals surface area contributed by atoms with Crippen molar-refractivity contribution in [3.05, 3.63) is 70.7 Å². The number of hydrogen-bond acceptors (Lipinski definition) is 17. The SMILES string of the molecule is CN(Cc1ccccc1C(=O)Nc1nc2c(ncn2[C@@H]2O[C@@H]3COP(O)(=S)O[C@H]4C[C@H](Oc5ccncn5)C[C@@H]4COP(O)(=S)O[C@@H]2[C@@H]3O)c(=O)[nH]1)C(=O)OC(C)(C)C. The second-order valence-corrected chi connectivity index (χ2v) is 20.6. The first-order chi connectivity index (χ1) is 27.8. The fraction of sp³-hybridized carbons (Fsp3) is 0.500. The molecule has 59 heavy (non-hydrogen) atoms. The molecule has 25 heteroatoms. The molecule has 3 aromatic heterocycles. The lowest BCUT2D eigenvalue weighted by molar-refractivity contribution is -0.0511. The third-order valence-corrected chi connectivity index (χ3v) is 12.6. The summed E-state index contributed by atoms with van der Waals surface area (Å²) in [5, 5.41) is 14.1. The number of aliphatic hydroxyl groups is 1. The fourth-order valence-corrected chi connectivity index (χ4v) is 9.75. The predicted molar refractivity (Wildman–Crippen MR) is 214 cm³/mol. The number of fused-ring (bicyclic) bond motifs is 4. The second-order valence-electron chi connectivity index (χ2n) is 15.0. The lowest BCUT2D eigenvalue weighted by Gasteiger charge is -2.28. The van der Waals surface area contributed by atoms with Gasteiger partial charge < -0.3 is 47.6 Å². The lowest BCUT2D eigenvalue weighted by Crippen LogP contribution is -2.35. The van der Waals surface area contributed by atoms with Crippen molar-refractivity contribution in [2.45, 2.75) is 82.5 Å². The van der Waals surface area contributed by atoms with E-state index in [1.807, 2.05) is 0 Å². The third-order valence-electron chi connectivity index (χ3n) is 9.43. The molecule has 1 aromatic carbocycles.